The molecule has 3 rings (SSSR count). The zero-order chi connectivity index (χ0) is 21.5. The molecule has 1 unspecified atom stereocenters. The predicted octanol–water partition coefficient (Wildman–Crippen LogP) is 2.09. The number of morpholine rings is 1. The Morgan fingerprint density at radius 3 is 2.37 bits per heavy atom. The van der Waals surface area contributed by atoms with Gasteiger partial charge in [-0.2, -0.15) is 0 Å². The maximum Gasteiger partial charge on any atom is 0.225 e. The lowest BCUT2D eigenvalue weighted by Gasteiger charge is -2.37. The van der Waals surface area contributed by atoms with Crippen LogP contribution < -0.4 is 5.32 Å². The molecule has 1 amide bonds. The summed E-state index contributed by atoms with van der Waals surface area (Å²) in [6, 6.07) is 8.21. The number of guanidine groups is 1. The lowest BCUT2D eigenvalue weighted by Crippen LogP contribution is -2.50. The zero-order valence-electron chi connectivity index (χ0n) is 18.3. The van der Waals surface area contributed by atoms with Gasteiger partial charge in [-0.15, -0.1) is 0 Å². The number of ether oxygens (including phenoxy) is 1. The van der Waals surface area contributed by atoms with Crippen LogP contribution in [-0.4, -0.2) is 93.6 Å². The minimum absolute atomic E-state index is 0.112. The van der Waals surface area contributed by atoms with Gasteiger partial charge < -0.3 is 24.8 Å². The largest absolute Gasteiger partial charge is 0.378 e. The first-order valence-corrected chi connectivity index (χ1v) is 11.1. The van der Waals surface area contributed by atoms with E-state index in [0.29, 0.717) is 13.2 Å². The number of likely N-dealkylation sites (tertiary alicyclic amines) is 1. The Morgan fingerprint density at radius 1 is 1.17 bits per heavy atom. The number of carbonyl (C=O) groups excluding carboxylic acids is 1. The molecule has 7 nitrogen and oxygen atoms in total. The van der Waals surface area contributed by atoms with Crippen LogP contribution in [0.2, 0.25) is 5.02 Å². The molecule has 1 aromatic carbocycles. The molecular weight excluding hydrogens is 402 g/mol. The summed E-state index contributed by atoms with van der Waals surface area (Å²) in [6.45, 7) is 5.18. The second-order valence-corrected chi connectivity index (χ2v) is 8.59. The fourth-order valence-corrected chi connectivity index (χ4v) is 4.31. The second kappa shape index (κ2) is 11.0. The molecule has 2 aliphatic rings. The number of hydrogen-bond donors (Lipinski definition) is 1. The van der Waals surface area contributed by atoms with E-state index in [9.17, 15) is 4.79 Å². The van der Waals surface area contributed by atoms with Crippen molar-refractivity contribution in [1.29, 1.82) is 0 Å². The molecule has 1 N–H and O–H groups in total. The van der Waals surface area contributed by atoms with E-state index in [4.69, 9.17) is 16.3 Å². The zero-order valence-corrected chi connectivity index (χ0v) is 19.1. The van der Waals surface area contributed by atoms with Crippen molar-refractivity contribution < 1.29 is 9.53 Å². The summed E-state index contributed by atoms with van der Waals surface area (Å²) in [5.41, 5.74) is 1.21. The molecule has 1 atom stereocenters. The minimum Gasteiger partial charge on any atom is -0.378 e. The Hall–Kier alpha value is -1.83. The van der Waals surface area contributed by atoms with Gasteiger partial charge in [-0.3, -0.25) is 9.79 Å². The molecule has 0 saturated carbocycles. The van der Waals surface area contributed by atoms with Crippen molar-refractivity contribution in [3.63, 3.8) is 0 Å². The van der Waals surface area contributed by atoms with Gasteiger partial charge in [0.1, 0.15) is 0 Å². The summed E-state index contributed by atoms with van der Waals surface area (Å²) in [7, 11) is 5.97. The van der Waals surface area contributed by atoms with Crippen LogP contribution in [0.1, 0.15) is 24.4 Å². The number of halogens is 1. The van der Waals surface area contributed by atoms with E-state index in [-0.39, 0.29) is 17.9 Å². The number of amides is 1. The highest BCUT2D eigenvalue weighted by molar-refractivity contribution is 6.30. The molecule has 0 radical (unpaired) electrons. The van der Waals surface area contributed by atoms with Gasteiger partial charge in [0.25, 0.3) is 0 Å². The number of aliphatic imine (C=N–C) groups is 1. The van der Waals surface area contributed by atoms with Crippen LogP contribution in [0.25, 0.3) is 0 Å². The van der Waals surface area contributed by atoms with E-state index in [2.05, 4.69) is 46.3 Å². The third kappa shape index (κ3) is 5.86. The van der Waals surface area contributed by atoms with Crippen molar-refractivity contribution >= 4 is 23.5 Å². The van der Waals surface area contributed by atoms with Gasteiger partial charge >= 0.3 is 0 Å². The monoisotopic (exact) mass is 435 g/mol. The third-order valence-corrected chi connectivity index (χ3v) is 6.26. The molecule has 2 saturated heterocycles. The molecule has 1 aromatic rings. The van der Waals surface area contributed by atoms with Crippen LogP contribution >= 0.6 is 11.6 Å². The first-order valence-electron chi connectivity index (χ1n) is 10.7. The molecule has 2 heterocycles. The maximum atomic E-state index is 12.8. The van der Waals surface area contributed by atoms with Gasteiger partial charge in [0.05, 0.1) is 19.3 Å². The van der Waals surface area contributed by atoms with Crippen LogP contribution in [0.3, 0.4) is 0 Å². The molecule has 0 bridgehead atoms. The predicted molar refractivity (Wildman–Crippen MR) is 121 cm³/mol. The Kier molecular flexibility index (Phi) is 8.36. The van der Waals surface area contributed by atoms with Gasteiger partial charge in [-0.05, 0) is 44.6 Å². The van der Waals surface area contributed by atoms with Gasteiger partial charge in [-0.25, -0.2) is 0 Å². The molecule has 8 heteroatoms. The number of likely N-dealkylation sites (N-methyl/N-ethyl adjacent to an activating group) is 1. The molecule has 0 aromatic heterocycles. The summed E-state index contributed by atoms with van der Waals surface area (Å²) >= 11 is 6.04. The molecule has 30 heavy (non-hydrogen) atoms. The first kappa shape index (κ1) is 22.8. The molecule has 2 aliphatic heterocycles. The smallest absolute Gasteiger partial charge is 0.225 e. The van der Waals surface area contributed by atoms with Crippen LogP contribution in [0.4, 0.5) is 0 Å². The Labute approximate surface area is 185 Å². The fraction of sp³-hybridized carbons (Fsp3) is 0.636. The number of benzene rings is 1. The van der Waals surface area contributed by atoms with E-state index in [1.807, 2.05) is 24.1 Å². The Bertz CT molecular complexity index is 711. The van der Waals surface area contributed by atoms with Crippen molar-refractivity contribution in [2.75, 3.05) is 67.1 Å². The van der Waals surface area contributed by atoms with E-state index < -0.39 is 0 Å². The van der Waals surface area contributed by atoms with Gasteiger partial charge in [0.2, 0.25) is 5.91 Å². The molecule has 2 fully saturated rings. The quantitative estimate of drug-likeness (QED) is 0.567. The van der Waals surface area contributed by atoms with Gasteiger partial charge in [0, 0.05) is 50.7 Å². The Morgan fingerprint density at radius 2 is 1.80 bits per heavy atom. The average molecular weight is 436 g/mol. The topological polar surface area (TPSA) is 60.4 Å². The summed E-state index contributed by atoms with van der Waals surface area (Å²) in [6.07, 6.45) is 1.73. The number of piperidine rings is 1. The molecule has 0 spiro atoms. The fourth-order valence-electron chi connectivity index (χ4n) is 4.18. The van der Waals surface area contributed by atoms with Crippen molar-refractivity contribution in [3.8, 4) is 0 Å². The number of hydrogen-bond acceptors (Lipinski definition) is 4. The number of carbonyl (C=O) groups is 1. The Balaban J connectivity index is 1.52. The second-order valence-electron chi connectivity index (χ2n) is 8.16. The number of nitrogens with zero attached hydrogens (tertiary/aromatic N) is 4. The highest BCUT2D eigenvalue weighted by atomic mass is 35.5. The summed E-state index contributed by atoms with van der Waals surface area (Å²) < 4.78 is 5.36. The average Bonchev–Trinajstić information content (AvgIpc) is 2.78. The SMILES string of the molecule is CN=C(NCC(c1ccc(Cl)cc1)N(C)C)N1CCC(C(=O)N2CCOCC2)CC1. The van der Waals surface area contributed by atoms with Crippen molar-refractivity contribution in [2.45, 2.75) is 18.9 Å². The van der Waals surface area contributed by atoms with Crippen LogP contribution in [-0.2, 0) is 9.53 Å². The van der Waals surface area contributed by atoms with Crippen LogP contribution in [0.15, 0.2) is 29.3 Å². The minimum atomic E-state index is 0.112. The van der Waals surface area contributed by atoms with Crippen molar-refractivity contribution in [1.82, 2.24) is 20.0 Å². The van der Waals surface area contributed by atoms with E-state index in [1.54, 1.807) is 0 Å². The van der Waals surface area contributed by atoms with E-state index in [0.717, 1.165) is 56.5 Å². The standard InChI is InChI=1S/C22H34ClN5O2/c1-24-22(25-16-20(26(2)3)17-4-6-19(23)7-5-17)28-10-8-18(9-11-28)21(29)27-12-14-30-15-13-27/h4-7,18,20H,8-16H2,1-3H3,(H,24,25). The summed E-state index contributed by atoms with van der Waals surface area (Å²) in [4.78, 5) is 23.7. The highest BCUT2D eigenvalue weighted by Gasteiger charge is 2.30. The van der Waals surface area contributed by atoms with Crippen LogP contribution in [0, 0.1) is 5.92 Å². The summed E-state index contributed by atoms with van der Waals surface area (Å²) in [5.74, 6) is 1.30. The molecule has 166 valence electrons. The van der Waals surface area contributed by atoms with Crippen molar-refractivity contribution in [3.05, 3.63) is 34.9 Å². The number of nitrogens with one attached hydrogen (secondary N) is 1. The maximum absolute atomic E-state index is 12.8. The van der Waals surface area contributed by atoms with E-state index in [1.165, 1.54) is 5.56 Å². The number of rotatable bonds is 5. The lowest BCUT2D eigenvalue weighted by molar-refractivity contribution is -0.140. The van der Waals surface area contributed by atoms with Crippen LogP contribution in [0.5, 0.6) is 0 Å². The van der Waals surface area contributed by atoms with Gasteiger partial charge in [-0.1, -0.05) is 23.7 Å². The molecule has 0 aliphatic carbocycles. The highest BCUT2D eigenvalue weighted by Crippen LogP contribution is 2.22. The first-order chi connectivity index (χ1) is 14.5. The van der Waals surface area contributed by atoms with E-state index >= 15 is 0 Å². The van der Waals surface area contributed by atoms with Gasteiger partial charge in [0.15, 0.2) is 5.96 Å². The summed E-state index contributed by atoms with van der Waals surface area (Å²) in [5, 5.41) is 4.28. The third-order valence-electron chi connectivity index (χ3n) is 6.01. The molecular formula is C22H34ClN5O2. The van der Waals surface area contributed by atoms with Crippen molar-refractivity contribution in [2.24, 2.45) is 10.9 Å². The normalized spacial score (nSPS) is 19.8. The lowest BCUT2D eigenvalue weighted by atomic mass is 9.95.